The smallest absolute Gasteiger partial charge is 0.263 e. The molecular formula is C10H11Cl3N6. The second kappa shape index (κ2) is 6.60. The first-order chi connectivity index (χ1) is 8.59. The van der Waals surface area contributed by atoms with Gasteiger partial charge in [-0.3, -0.25) is 0 Å². The summed E-state index contributed by atoms with van der Waals surface area (Å²) in [6.07, 6.45) is 1.49. The number of nitrogen functional groups attached to an aromatic ring is 1. The molecule has 1 aromatic carbocycles. The lowest BCUT2D eigenvalue weighted by atomic mass is 10.2. The summed E-state index contributed by atoms with van der Waals surface area (Å²) in [5, 5.41) is 12.6. The molecule has 3 N–H and O–H groups in total. The zero-order valence-corrected chi connectivity index (χ0v) is 12.2. The van der Waals surface area contributed by atoms with Gasteiger partial charge in [0.15, 0.2) is 5.82 Å². The Bertz CT molecular complexity index is 575. The van der Waals surface area contributed by atoms with E-state index in [4.69, 9.17) is 29.0 Å². The molecule has 0 unspecified atom stereocenters. The number of hydrogen-bond acceptors (Lipinski definition) is 5. The van der Waals surface area contributed by atoms with E-state index in [1.165, 1.54) is 10.9 Å². The summed E-state index contributed by atoms with van der Waals surface area (Å²) >= 11 is 12.0. The Kier molecular flexibility index (Phi) is 5.41. The van der Waals surface area contributed by atoms with Crippen LogP contribution in [0.25, 0.3) is 0 Å². The summed E-state index contributed by atoms with van der Waals surface area (Å²) in [6, 6.07) is 5.21. The molecule has 1 heterocycles. The van der Waals surface area contributed by atoms with Gasteiger partial charge in [-0.05, 0) is 19.1 Å². The molecule has 0 aliphatic rings. The van der Waals surface area contributed by atoms with Gasteiger partial charge < -0.3 is 5.84 Å². The molecule has 1 aromatic heterocycles. The lowest BCUT2D eigenvalue weighted by Crippen LogP contribution is -2.13. The Hall–Kier alpha value is -1.50. The SMILES string of the molecule is Cc1nnc(N/N=C/c2c(Cl)cccc2Cl)n1N.Cl. The molecule has 0 saturated heterocycles. The van der Waals surface area contributed by atoms with Gasteiger partial charge in [0.05, 0.1) is 16.3 Å². The second-order valence-electron chi connectivity index (χ2n) is 3.45. The van der Waals surface area contributed by atoms with Crippen molar-refractivity contribution in [3.63, 3.8) is 0 Å². The Morgan fingerprint density at radius 3 is 2.47 bits per heavy atom. The van der Waals surface area contributed by atoms with Crippen LogP contribution >= 0.6 is 35.6 Å². The fourth-order valence-corrected chi connectivity index (χ4v) is 1.73. The van der Waals surface area contributed by atoms with Gasteiger partial charge >= 0.3 is 0 Å². The molecule has 2 rings (SSSR count). The number of benzene rings is 1. The predicted octanol–water partition coefficient (Wildman–Crippen LogP) is 2.47. The van der Waals surface area contributed by atoms with E-state index < -0.39 is 0 Å². The molecule has 2 aromatic rings. The first kappa shape index (κ1) is 15.6. The standard InChI is InChI=1S/C10H10Cl2N6.ClH/c1-6-15-17-10(18(6)13)16-14-5-7-8(11)3-2-4-9(7)12;/h2-5H,13H2,1H3,(H,16,17);1H/b14-5+;. The van der Waals surface area contributed by atoms with Gasteiger partial charge in [-0.25, -0.2) is 10.1 Å². The van der Waals surface area contributed by atoms with Crippen LogP contribution in [0.15, 0.2) is 23.3 Å². The zero-order valence-electron chi connectivity index (χ0n) is 9.84. The van der Waals surface area contributed by atoms with Crippen LogP contribution in [0.5, 0.6) is 0 Å². The molecular weight excluding hydrogens is 311 g/mol. The van der Waals surface area contributed by atoms with Crippen molar-refractivity contribution < 1.29 is 0 Å². The number of anilines is 1. The van der Waals surface area contributed by atoms with E-state index in [9.17, 15) is 0 Å². The second-order valence-corrected chi connectivity index (χ2v) is 4.26. The Balaban J connectivity index is 0.00000180. The molecule has 0 radical (unpaired) electrons. The number of aromatic nitrogens is 3. The molecule has 0 atom stereocenters. The van der Waals surface area contributed by atoms with Crippen molar-refractivity contribution >= 4 is 47.8 Å². The highest BCUT2D eigenvalue weighted by Crippen LogP contribution is 2.22. The third kappa shape index (κ3) is 3.50. The number of aryl methyl sites for hydroxylation is 1. The van der Waals surface area contributed by atoms with Crippen molar-refractivity contribution in [2.24, 2.45) is 5.10 Å². The summed E-state index contributed by atoms with van der Waals surface area (Å²) < 4.78 is 1.28. The van der Waals surface area contributed by atoms with Crippen molar-refractivity contribution in [3.8, 4) is 0 Å². The largest absolute Gasteiger partial charge is 0.335 e. The van der Waals surface area contributed by atoms with Crippen LogP contribution in [-0.2, 0) is 0 Å². The van der Waals surface area contributed by atoms with Crippen LogP contribution in [0.2, 0.25) is 10.0 Å². The molecule has 0 fully saturated rings. The maximum absolute atomic E-state index is 5.99. The topological polar surface area (TPSA) is 81.1 Å². The highest BCUT2D eigenvalue weighted by molar-refractivity contribution is 6.38. The number of halogens is 3. The number of nitrogens with two attached hydrogens (primary N) is 1. The van der Waals surface area contributed by atoms with Crippen LogP contribution in [0.1, 0.15) is 11.4 Å². The minimum atomic E-state index is 0. The summed E-state index contributed by atoms with van der Waals surface area (Å²) in [6.45, 7) is 1.73. The van der Waals surface area contributed by atoms with Crippen LogP contribution < -0.4 is 11.3 Å². The van der Waals surface area contributed by atoms with E-state index in [1.807, 2.05) is 0 Å². The summed E-state index contributed by atoms with van der Waals surface area (Å²) in [5.41, 5.74) is 3.27. The molecule has 0 saturated carbocycles. The highest BCUT2D eigenvalue weighted by Gasteiger charge is 2.04. The molecule has 0 aliphatic carbocycles. The Labute approximate surface area is 126 Å². The Morgan fingerprint density at radius 1 is 1.32 bits per heavy atom. The minimum absolute atomic E-state index is 0. The quantitative estimate of drug-likeness (QED) is 0.517. The number of hydrogen-bond donors (Lipinski definition) is 2. The maximum atomic E-state index is 5.99. The van der Waals surface area contributed by atoms with E-state index >= 15 is 0 Å². The van der Waals surface area contributed by atoms with Crippen LogP contribution in [-0.4, -0.2) is 21.1 Å². The van der Waals surface area contributed by atoms with Crippen molar-refractivity contribution in [2.45, 2.75) is 6.92 Å². The van der Waals surface area contributed by atoms with Gasteiger partial charge in [0.25, 0.3) is 5.95 Å². The fourth-order valence-electron chi connectivity index (χ4n) is 1.23. The summed E-state index contributed by atoms with van der Waals surface area (Å²) in [7, 11) is 0. The fraction of sp³-hybridized carbons (Fsp3) is 0.100. The monoisotopic (exact) mass is 320 g/mol. The number of nitrogens with one attached hydrogen (secondary N) is 1. The van der Waals surface area contributed by atoms with Crippen molar-refractivity contribution in [2.75, 3.05) is 11.3 Å². The van der Waals surface area contributed by atoms with E-state index in [0.717, 1.165) is 0 Å². The Morgan fingerprint density at radius 2 is 1.95 bits per heavy atom. The first-order valence-electron chi connectivity index (χ1n) is 5.00. The van der Waals surface area contributed by atoms with Gasteiger partial charge in [0, 0.05) is 5.56 Å². The molecule has 6 nitrogen and oxygen atoms in total. The van der Waals surface area contributed by atoms with Gasteiger partial charge in [0.1, 0.15) is 0 Å². The number of hydrazone groups is 1. The lowest BCUT2D eigenvalue weighted by molar-refractivity contribution is 0.926. The molecule has 0 aliphatic heterocycles. The molecule has 0 bridgehead atoms. The van der Waals surface area contributed by atoms with E-state index in [2.05, 4.69) is 20.7 Å². The van der Waals surface area contributed by atoms with Crippen molar-refractivity contribution in [3.05, 3.63) is 39.6 Å². The van der Waals surface area contributed by atoms with Gasteiger partial charge in [-0.2, -0.15) is 5.10 Å². The maximum Gasteiger partial charge on any atom is 0.263 e. The lowest BCUT2D eigenvalue weighted by Gasteiger charge is -2.01. The first-order valence-corrected chi connectivity index (χ1v) is 5.75. The van der Waals surface area contributed by atoms with Crippen LogP contribution in [0.3, 0.4) is 0 Å². The van der Waals surface area contributed by atoms with Crippen molar-refractivity contribution in [1.29, 1.82) is 0 Å². The average molecular weight is 322 g/mol. The number of nitrogens with zero attached hydrogens (tertiary/aromatic N) is 4. The normalized spacial score (nSPS) is 10.5. The average Bonchev–Trinajstić information content (AvgIpc) is 2.65. The summed E-state index contributed by atoms with van der Waals surface area (Å²) in [4.78, 5) is 0. The van der Waals surface area contributed by atoms with Gasteiger partial charge in [-0.1, -0.05) is 29.3 Å². The third-order valence-electron chi connectivity index (χ3n) is 2.22. The predicted molar refractivity (Wildman–Crippen MR) is 79.8 cm³/mol. The van der Waals surface area contributed by atoms with E-state index in [1.54, 1.807) is 25.1 Å². The van der Waals surface area contributed by atoms with Crippen LogP contribution in [0.4, 0.5) is 5.95 Å². The highest BCUT2D eigenvalue weighted by atomic mass is 35.5. The van der Waals surface area contributed by atoms with Gasteiger partial charge in [-0.15, -0.1) is 22.6 Å². The molecule has 0 amide bonds. The molecule has 102 valence electrons. The molecule has 0 spiro atoms. The van der Waals surface area contributed by atoms with Gasteiger partial charge in [0.2, 0.25) is 0 Å². The minimum Gasteiger partial charge on any atom is -0.335 e. The van der Waals surface area contributed by atoms with Crippen molar-refractivity contribution in [1.82, 2.24) is 14.9 Å². The summed E-state index contributed by atoms with van der Waals surface area (Å²) in [5.74, 6) is 6.54. The van der Waals surface area contributed by atoms with Crippen LogP contribution in [0, 0.1) is 6.92 Å². The number of rotatable bonds is 3. The van der Waals surface area contributed by atoms with E-state index in [-0.39, 0.29) is 12.4 Å². The molecule has 9 heteroatoms. The zero-order chi connectivity index (χ0) is 13.1. The molecule has 19 heavy (non-hydrogen) atoms. The third-order valence-corrected chi connectivity index (χ3v) is 2.88. The van der Waals surface area contributed by atoms with E-state index in [0.29, 0.717) is 27.4 Å².